The number of rotatable bonds is 1. The second kappa shape index (κ2) is 2.74. The molecular formula is C12H15NO. The second-order valence-electron chi connectivity index (χ2n) is 4.40. The van der Waals surface area contributed by atoms with E-state index in [0.717, 1.165) is 31.6 Å². The van der Waals surface area contributed by atoms with E-state index in [9.17, 15) is 0 Å². The Labute approximate surface area is 84.1 Å². The molecule has 0 amide bonds. The molecule has 14 heavy (non-hydrogen) atoms. The standard InChI is InChI=1S/C12H15NO/c13-12(6-2-7-12)10-4-1-3-9-5-8-14-11(9)10/h1,3-4H,2,5-8,13H2. The molecule has 0 atom stereocenters. The van der Waals surface area contributed by atoms with Gasteiger partial charge in [-0.2, -0.15) is 0 Å². The van der Waals surface area contributed by atoms with Gasteiger partial charge in [-0.3, -0.25) is 0 Å². The summed E-state index contributed by atoms with van der Waals surface area (Å²) in [7, 11) is 0. The van der Waals surface area contributed by atoms with Gasteiger partial charge in [-0.1, -0.05) is 18.2 Å². The van der Waals surface area contributed by atoms with Crippen molar-refractivity contribution in [3.05, 3.63) is 29.3 Å². The number of para-hydroxylation sites is 1. The number of ether oxygens (including phenoxy) is 1. The van der Waals surface area contributed by atoms with Crippen LogP contribution in [0.5, 0.6) is 5.75 Å². The first-order valence-corrected chi connectivity index (χ1v) is 5.34. The Balaban J connectivity index is 2.10. The highest BCUT2D eigenvalue weighted by atomic mass is 16.5. The van der Waals surface area contributed by atoms with E-state index in [1.165, 1.54) is 17.5 Å². The van der Waals surface area contributed by atoms with Crippen LogP contribution in [0.25, 0.3) is 0 Å². The minimum Gasteiger partial charge on any atom is -0.493 e. The Kier molecular flexibility index (Phi) is 1.62. The normalized spacial score (nSPS) is 22.4. The lowest BCUT2D eigenvalue weighted by atomic mass is 9.72. The summed E-state index contributed by atoms with van der Waals surface area (Å²) in [6, 6.07) is 6.38. The highest BCUT2D eigenvalue weighted by Crippen LogP contribution is 2.45. The van der Waals surface area contributed by atoms with E-state index in [2.05, 4.69) is 18.2 Å². The number of fused-ring (bicyclic) bond motifs is 1. The lowest BCUT2D eigenvalue weighted by Crippen LogP contribution is -2.43. The van der Waals surface area contributed by atoms with E-state index in [1.54, 1.807) is 0 Å². The lowest BCUT2D eigenvalue weighted by Gasteiger charge is -2.39. The molecule has 2 aliphatic rings. The van der Waals surface area contributed by atoms with Crippen LogP contribution in [0.4, 0.5) is 0 Å². The molecule has 3 rings (SSSR count). The van der Waals surface area contributed by atoms with E-state index < -0.39 is 0 Å². The van der Waals surface area contributed by atoms with E-state index in [4.69, 9.17) is 10.5 Å². The van der Waals surface area contributed by atoms with E-state index >= 15 is 0 Å². The van der Waals surface area contributed by atoms with E-state index in [-0.39, 0.29) is 5.54 Å². The zero-order valence-electron chi connectivity index (χ0n) is 8.25. The molecule has 1 aliphatic heterocycles. The van der Waals surface area contributed by atoms with Gasteiger partial charge in [0.25, 0.3) is 0 Å². The highest BCUT2D eigenvalue weighted by Gasteiger charge is 2.37. The summed E-state index contributed by atoms with van der Waals surface area (Å²) in [6.07, 6.45) is 4.50. The molecular weight excluding hydrogens is 174 g/mol. The minimum absolute atomic E-state index is 0.0876. The number of benzene rings is 1. The quantitative estimate of drug-likeness (QED) is 0.733. The number of hydrogen-bond acceptors (Lipinski definition) is 2. The third kappa shape index (κ3) is 1.01. The van der Waals surface area contributed by atoms with Crippen LogP contribution in [0.1, 0.15) is 30.4 Å². The monoisotopic (exact) mass is 189 g/mol. The maximum absolute atomic E-state index is 6.32. The summed E-state index contributed by atoms with van der Waals surface area (Å²) < 4.78 is 5.67. The third-order valence-electron chi connectivity index (χ3n) is 3.50. The second-order valence-corrected chi connectivity index (χ2v) is 4.40. The van der Waals surface area contributed by atoms with Crippen LogP contribution < -0.4 is 10.5 Å². The SMILES string of the molecule is NC1(c2cccc3c2OCC3)CCC1. The lowest BCUT2D eigenvalue weighted by molar-refractivity contribution is 0.241. The Morgan fingerprint density at radius 1 is 1.29 bits per heavy atom. The van der Waals surface area contributed by atoms with Crippen molar-refractivity contribution in [1.82, 2.24) is 0 Å². The van der Waals surface area contributed by atoms with E-state index in [1.807, 2.05) is 0 Å². The summed E-state index contributed by atoms with van der Waals surface area (Å²) in [5, 5.41) is 0. The fraction of sp³-hybridized carbons (Fsp3) is 0.500. The summed E-state index contributed by atoms with van der Waals surface area (Å²) in [6.45, 7) is 0.822. The topological polar surface area (TPSA) is 35.2 Å². The Morgan fingerprint density at radius 2 is 2.14 bits per heavy atom. The number of nitrogens with two attached hydrogens (primary N) is 1. The van der Waals surface area contributed by atoms with Crippen molar-refractivity contribution < 1.29 is 4.74 Å². The van der Waals surface area contributed by atoms with Gasteiger partial charge in [-0.05, 0) is 24.8 Å². The van der Waals surface area contributed by atoms with Crippen LogP contribution in [0.2, 0.25) is 0 Å². The average molecular weight is 189 g/mol. The molecule has 1 saturated carbocycles. The van der Waals surface area contributed by atoms with Crippen molar-refractivity contribution in [1.29, 1.82) is 0 Å². The molecule has 0 unspecified atom stereocenters. The summed E-state index contributed by atoms with van der Waals surface area (Å²) >= 11 is 0. The third-order valence-corrected chi connectivity index (χ3v) is 3.50. The van der Waals surface area contributed by atoms with Gasteiger partial charge in [0.2, 0.25) is 0 Å². The first kappa shape index (κ1) is 8.30. The maximum atomic E-state index is 6.32. The molecule has 74 valence electrons. The van der Waals surface area contributed by atoms with Gasteiger partial charge in [-0.15, -0.1) is 0 Å². The van der Waals surface area contributed by atoms with Crippen LogP contribution in [0.15, 0.2) is 18.2 Å². The molecule has 2 N–H and O–H groups in total. The number of hydrogen-bond donors (Lipinski definition) is 1. The minimum atomic E-state index is -0.0876. The van der Waals surface area contributed by atoms with Gasteiger partial charge in [0.15, 0.2) is 0 Å². The van der Waals surface area contributed by atoms with Crippen molar-refractivity contribution >= 4 is 0 Å². The van der Waals surface area contributed by atoms with Gasteiger partial charge in [0, 0.05) is 17.5 Å². The molecule has 0 saturated heterocycles. The molecule has 1 aliphatic carbocycles. The summed E-state index contributed by atoms with van der Waals surface area (Å²) in [4.78, 5) is 0. The largest absolute Gasteiger partial charge is 0.493 e. The van der Waals surface area contributed by atoms with Gasteiger partial charge >= 0.3 is 0 Å². The Hall–Kier alpha value is -1.02. The molecule has 0 radical (unpaired) electrons. The molecule has 0 bridgehead atoms. The predicted octanol–water partition coefficient (Wildman–Crippen LogP) is 1.96. The fourth-order valence-corrected chi connectivity index (χ4v) is 2.43. The van der Waals surface area contributed by atoms with Crippen molar-refractivity contribution in [2.45, 2.75) is 31.2 Å². The van der Waals surface area contributed by atoms with Gasteiger partial charge < -0.3 is 10.5 Å². The zero-order valence-corrected chi connectivity index (χ0v) is 8.25. The smallest absolute Gasteiger partial charge is 0.127 e. The first-order chi connectivity index (χ1) is 6.80. The van der Waals surface area contributed by atoms with Gasteiger partial charge in [0.05, 0.1) is 6.61 Å². The molecule has 0 aromatic heterocycles. The molecule has 2 heteroatoms. The molecule has 1 aromatic carbocycles. The van der Waals surface area contributed by atoms with Crippen LogP contribution >= 0.6 is 0 Å². The Bertz CT molecular complexity index is 369. The van der Waals surface area contributed by atoms with Gasteiger partial charge in [0.1, 0.15) is 5.75 Å². The van der Waals surface area contributed by atoms with Crippen molar-refractivity contribution in [2.24, 2.45) is 5.73 Å². The molecule has 1 fully saturated rings. The van der Waals surface area contributed by atoms with Crippen LogP contribution in [-0.2, 0) is 12.0 Å². The van der Waals surface area contributed by atoms with E-state index in [0.29, 0.717) is 0 Å². The first-order valence-electron chi connectivity index (χ1n) is 5.34. The molecule has 0 spiro atoms. The van der Waals surface area contributed by atoms with Crippen LogP contribution in [0.3, 0.4) is 0 Å². The maximum Gasteiger partial charge on any atom is 0.127 e. The predicted molar refractivity (Wildman–Crippen MR) is 55.4 cm³/mol. The zero-order chi connectivity index (χ0) is 9.60. The van der Waals surface area contributed by atoms with Crippen molar-refractivity contribution in [3.63, 3.8) is 0 Å². The Morgan fingerprint density at radius 3 is 2.86 bits per heavy atom. The van der Waals surface area contributed by atoms with Crippen molar-refractivity contribution in [3.8, 4) is 5.75 Å². The highest BCUT2D eigenvalue weighted by molar-refractivity contribution is 5.48. The molecule has 1 heterocycles. The van der Waals surface area contributed by atoms with Crippen LogP contribution in [-0.4, -0.2) is 6.61 Å². The molecule has 2 nitrogen and oxygen atoms in total. The van der Waals surface area contributed by atoms with Crippen LogP contribution in [0, 0.1) is 0 Å². The summed E-state index contributed by atoms with van der Waals surface area (Å²) in [5.41, 5.74) is 8.80. The molecule has 1 aromatic rings. The fourth-order valence-electron chi connectivity index (χ4n) is 2.43. The van der Waals surface area contributed by atoms with Crippen molar-refractivity contribution in [2.75, 3.05) is 6.61 Å². The van der Waals surface area contributed by atoms with Gasteiger partial charge in [-0.25, -0.2) is 0 Å². The average Bonchev–Trinajstić information content (AvgIpc) is 2.61. The summed E-state index contributed by atoms with van der Waals surface area (Å²) in [5.74, 6) is 1.08.